The molecular formula is C22H27N3O2. The Kier molecular flexibility index (Phi) is 3.88. The molecule has 2 amide bonds. The van der Waals surface area contributed by atoms with Crippen LogP contribution < -0.4 is 10.3 Å². The van der Waals surface area contributed by atoms with E-state index >= 15 is 0 Å². The number of nitrogens with one attached hydrogen (secondary N) is 1. The van der Waals surface area contributed by atoms with Crippen LogP contribution in [0.1, 0.15) is 56.9 Å². The third-order valence-electron chi connectivity index (χ3n) is 6.96. The highest BCUT2D eigenvalue weighted by Crippen LogP contribution is 2.55. The van der Waals surface area contributed by atoms with Crippen LogP contribution in [-0.2, 0) is 9.59 Å². The smallest absolute Gasteiger partial charge is 0.267 e. The average molecular weight is 365 g/mol. The molecule has 0 radical (unpaired) electrons. The minimum atomic E-state index is -0.0675. The molecule has 1 aliphatic heterocycles. The molecule has 0 spiro atoms. The second-order valence-electron chi connectivity index (χ2n) is 9.24. The van der Waals surface area contributed by atoms with Gasteiger partial charge in [0.1, 0.15) is 5.71 Å². The van der Waals surface area contributed by atoms with Gasteiger partial charge in [0, 0.05) is 18.4 Å². The SMILES string of the molecule is Cc1cccc(N2N=C(C(=O)NC34CC5CC(CC(C5)C3)C4)CCC2=O)c1. The van der Waals surface area contributed by atoms with Crippen molar-refractivity contribution in [2.75, 3.05) is 5.01 Å². The fraction of sp³-hybridized carbons (Fsp3) is 0.591. The molecule has 4 aliphatic carbocycles. The van der Waals surface area contributed by atoms with E-state index in [4.69, 9.17) is 0 Å². The molecule has 5 aliphatic rings. The minimum absolute atomic E-state index is 0.0238. The van der Waals surface area contributed by atoms with Crippen LogP contribution in [-0.4, -0.2) is 23.1 Å². The summed E-state index contributed by atoms with van der Waals surface area (Å²) < 4.78 is 0. The first kappa shape index (κ1) is 17.0. The van der Waals surface area contributed by atoms with Gasteiger partial charge >= 0.3 is 0 Å². The van der Waals surface area contributed by atoms with Gasteiger partial charge in [-0.2, -0.15) is 5.10 Å². The molecule has 1 N–H and O–H groups in total. The Balaban J connectivity index is 1.37. The number of aryl methyl sites for hydroxylation is 1. The molecule has 0 unspecified atom stereocenters. The number of nitrogens with zero attached hydrogens (tertiary/aromatic N) is 2. The maximum Gasteiger partial charge on any atom is 0.267 e. The van der Waals surface area contributed by atoms with Gasteiger partial charge in [-0.15, -0.1) is 0 Å². The average Bonchev–Trinajstić information content (AvgIpc) is 2.60. The van der Waals surface area contributed by atoms with Gasteiger partial charge < -0.3 is 5.32 Å². The molecule has 1 heterocycles. The summed E-state index contributed by atoms with van der Waals surface area (Å²) in [7, 11) is 0. The molecule has 27 heavy (non-hydrogen) atoms. The van der Waals surface area contributed by atoms with E-state index in [1.807, 2.05) is 31.2 Å². The quantitative estimate of drug-likeness (QED) is 0.890. The Morgan fingerprint density at radius 2 is 1.78 bits per heavy atom. The third kappa shape index (κ3) is 3.07. The van der Waals surface area contributed by atoms with Gasteiger partial charge in [-0.3, -0.25) is 9.59 Å². The van der Waals surface area contributed by atoms with Crippen LogP contribution >= 0.6 is 0 Å². The molecule has 4 bridgehead atoms. The van der Waals surface area contributed by atoms with Crippen molar-refractivity contribution in [1.29, 1.82) is 0 Å². The van der Waals surface area contributed by atoms with E-state index in [1.54, 1.807) is 0 Å². The van der Waals surface area contributed by atoms with Crippen molar-refractivity contribution in [3.05, 3.63) is 29.8 Å². The van der Waals surface area contributed by atoms with Gasteiger partial charge in [-0.05, 0) is 80.9 Å². The van der Waals surface area contributed by atoms with E-state index in [9.17, 15) is 9.59 Å². The van der Waals surface area contributed by atoms with E-state index in [-0.39, 0.29) is 17.4 Å². The summed E-state index contributed by atoms with van der Waals surface area (Å²) in [6.07, 6.45) is 8.19. The monoisotopic (exact) mass is 365 g/mol. The van der Waals surface area contributed by atoms with Crippen molar-refractivity contribution in [2.45, 2.75) is 63.8 Å². The number of hydrazone groups is 1. The van der Waals surface area contributed by atoms with Crippen molar-refractivity contribution in [3.8, 4) is 0 Å². The summed E-state index contributed by atoms with van der Waals surface area (Å²) in [6, 6.07) is 7.70. The van der Waals surface area contributed by atoms with Crippen LogP contribution in [0, 0.1) is 24.7 Å². The molecule has 4 fully saturated rings. The van der Waals surface area contributed by atoms with Crippen molar-refractivity contribution in [1.82, 2.24) is 5.32 Å². The van der Waals surface area contributed by atoms with Crippen LogP contribution in [0.3, 0.4) is 0 Å². The van der Waals surface area contributed by atoms with E-state index in [0.717, 1.165) is 48.3 Å². The number of hydrogen-bond acceptors (Lipinski definition) is 3. The predicted octanol–water partition coefficient (Wildman–Crippen LogP) is 3.56. The van der Waals surface area contributed by atoms with Crippen LogP contribution in [0.25, 0.3) is 0 Å². The Morgan fingerprint density at radius 3 is 2.41 bits per heavy atom. The zero-order valence-electron chi connectivity index (χ0n) is 15.9. The molecule has 6 rings (SSSR count). The number of carbonyl (C=O) groups is 2. The van der Waals surface area contributed by atoms with Crippen LogP contribution in [0.5, 0.6) is 0 Å². The number of benzene rings is 1. The van der Waals surface area contributed by atoms with E-state index in [1.165, 1.54) is 24.3 Å². The molecular weight excluding hydrogens is 338 g/mol. The first-order chi connectivity index (χ1) is 13.0. The maximum absolute atomic E-state index is 13.1. The molecule has 0 aromatic heterocycles. The molecule has 1 aromatic rings. The van der Waals surface area contributed by atoms with Gasteiger partial charge in [-0.1, -0.05) is 12.1 Å². The molecule has 142 valence electrons. The molecule has 1 aromatic carbocycles. The van der Waals surface area contributed by atoms with Gasteiger partial charge in [-0.25, -0.2) is 5.01 Å². The zero-order valence-corrected chi connectivity index (χ0v) is 15.9. The molecule has 0 saturated heterocycles. The second kappa shape index (κ2) is 6.18. The highest BCUT2D eigenvalue weighted by molar-refractivity contribution is 6.40. The lowest BCUT2D eigenvalue weighted by Crippen LogP contribution is -2.61. The standard InChI is InChI=1S/C22H27N3O2/c1-14-3-2-4-18(7-14)25-20(26)6-5-19(24-25)21(27)23-22-11-15-8-16(12-22)10-17(9-15)13-22/h2-4,7,15-17H,5-6,8-13H2,1H3,(H,23,27). The van der Waals surface area contributed by atoms with E-state index in [0.29, 0.717) is 18.6 Å². The molecule has 4 saturated carbocycles. The normalized spacial score (nSPS) is 34.6. The molecule has 0 atom stereocenters. The largest absolute Gasteiger partial charge is 0.345 e. The fourth-order valence-electron chi connectivity index (χ4n) is 6.25. The molecule has 5 heteroatoms. The number of hydrogen-bond donors (Lipinski definition) is 1. The Morgan fingerprint density at radius 1 is 1.11 bits per heavy atom. The first-order valence-corrected chi connectivity index (χ1v) is 10.3. The summed E-state index contributed by atoms with van der Waals surface area (Å²) in [6.45, 7) is 1.99. The van der Waals surface area contributed by atoms with E-state index in [2.05, 4.69) is 10.4 Å². The third-order valence-corrected chi connectivity index (χ3v) is 6.96. The predicted molar refractivity (Wildman–Crippen MR) is 104 cm³/mol. The summed E-state index contributed by atoms with van der Waals surface area (Å²) >= 11 is 0. The van der Waals surface area contributed by atoms with Crippen LogP contribution in [0.15, 0.2) is 29.4 Å². The van der Waals surface area contributed by atoms with Gasteiger partial charge in [0.15, 0.2) is 0 Å². The van der Waals surface area contributed by atoms with E-state index < -0.39 is 0 Å². The Hall–Kier alpha value is -2.17. The first-order valence-electron chi connectivity index (χ1n) is 10.3. The lowest BCUT2D eigenvalue weighted by molar-refractivity contribution is -0.120. The zero-order chi connectivity index (χ0) is 18.6. The lowest BCUT2D eigenvalue weighted by atomic mass is 9.53. The van der Waals surface area contributed by atoms with Crippen molar-refractivity contribution in [2.24, 2.45) is 22.9 Å². The van der Waals surface area contributed by atoms with Crippen LogP contribution in [0.4, 0.5) is 5.69 Å². The highest BCUT2D eigenvalue weighted by atomic mass is 16.2. The highest BCUT2D eigenvalue weighted by Gasteiger charge is 2.51. The summed E-state index contributed by atoms with van der Waals surface area (Å²) in [5.41, 5.74) is 2.27. The Labute approximate surface area is 160 Å². The second-order valence-corrected chi connectivity index (χ2v) is 9.24. The number of anilines is 1. The van der Waals surface area contributed by atoms with Crippen molar-refractivity contribution in [3.63, 3.8) is 0 Å². The fourth-order valence-corrected chi connectivity index (χ4v) is 6.25. The summed E-state index contributed by atoms with van der Waals surface area (Å²) in [4.78, 5) is 25.4. The topological polar surface area (TPSA) is 61.8 Å². The number of carbonyl (C=O) groups excluding carboxylic acids is 2. The number of rotatable bonds is 3. The van der Waals surface area contributed by atoms with Gasteiger partial charge in [0.25, 0.3) is 5.91 Å². The number of amides is 2. The van der Waals surface area contributed by atoms with Crippen molar-refractivity contribution >= 4 is 23.2 Å². The summed E-state index contributed by atoms with van der Waals surface area (Å²) in [5, 5.41) is 9.25. The van der Waals surface area contributed by atoms with Crippen LogP contribution in [0.2, 0.25) is 0 Å². The maximum atomic E-state index is 13.1. The summed E-state index contributed by atoms with van der Waals surface area (Å²) in [5.74, 6) is 2.25. The Bertz CT molecular complexity index is 793. The van der Waals surface area contributed by atoms with Gasteiger partial charge in [0.05, 0.1) is 5.69 Å². The van der Waals surface area contributed by atoms with Gasteiger partial charge in [0.2, 0.25) is 5.91 Å². The molecule has 5 nitrogen and oxygen atoms in total. The van der Waals surface area contributed by atoms with Crippen molar-refractivity contribution < 1.29 is 9.59 Å². The minimum Gasteiger partial charge on any atom is -0.345 e. The lowest BCUT2D eigenvalue weighted by Gasteiger charge is -2.56.